The summed E-state index contributed by atoms with van der Waals surface area (Å²) in [6.45, 7) is 5.11. The molecule has 0 unspecified atom stereocenters. The van der Waals surface area contributed by atoms with Crippen LogP contribution in [-0.2, 0) is 7.05 Å². The van der Waals surface area contributed by atoms with Gasteiger partial charge in [0, 0.05) is 19.0 Å². The van der Waals surface area contributed by atoms with E-state index in [0.717, 1.165) is 24.1 Å². The molecule has 0 aliphatic rings. The molecule has 2 aromatic rings. The highest BCUT2D eigenvalue weighted by molar-refractivity contribution is 7.80. The molecular weight excluding hydrogens is 362 g/mol. The van der Waals surface area contributed by atoms with Crippen molar-refractivity contribution in [3.8, 4) is 0 Å². The monoisotopic (exact) mass is 389 g/mol. The molecule has 0 saturated carbocycles. The molecule has 8 heteroatoms. The van der Waals surface area contributed by atoms with E-state index in [2.05, 4.69) is 35.1 Å². The van der Waals surface area contributed by atoms with E-state index >= 15 is 0 Å². The second kappa shape index (κ2) is 10.0. The largest absolute Gasteiger partial charge is 0.361 e. The molecule has 146 valence electrons. The van der Waals surface area contributed by atoms with Crippen LogP contribution in [-0.4, -0.2) is 27.3 Å². The van der Waals surface area contributed by atoms with E-state index in [9.17, 15) is 9.59 Å². The summed E-state index contributed by atoms with van der Waals surface area (Å²) < 4.78 is 1.16. The highest BCUT2D eigenvalue weighted by Gasteiger charge is 2.15. The molecule has 0 aliphatic carbocycles. The number of thiocarbonyl (C=S) groups is 1. The molecule has 27 heavy (non-hydrogen) atoms. The van der Waals surface area contributed by atoms with Crippen molar-refractivity contribution in [1.29, 1.82) is 0 Å². The molecule has 1 amide bonds. The molecule has 2 rings (SSSR count). The van der Waals surface area contributed by atoms with Crippen molar-refractivity contribution in [2.45, 2.75) is 39.5 Å². The highest BCUT2D eigenvalue weighted by atomic mass is 32.1. The lowest BCUT2D eigenvalue weighted by Crippen LogP contribution is -2.48. The van der Waals surface area contributed by atoms with E-state index < -0.39 is 5.91 Å². The molecule has 0 radical (unpaired) electrons. The third kappa shape index (κ3) is 5.50. The van der Waals surface area contributed by atoms with Gasteiger partial charge in [0.25, 0.3) is 11.5 Å². The van der Waals surface area contributed by atoms with Crippen molar-refractivity contribution in [2.75, 3.05) is 6.54 Å². The summed E-state index contributed by atoms with van der Waals surface area (Å²) >= 11 is 5.23. The standard InChI is InChI=1S/C19H27N5O2S/c1-4-6-9-13(5-2)12-20-19(27)22-21-17(25)16-14-10-7-8-11-15(14)18(26)24(3)23-16/h7-8,10-11,13H,4-6,9,12H2,1-3H3,(H,21,25)(H2,20,22,27)/t13-/m1/s1. The number of hydrogen-bond acceptors (Lipinski definition) is 4. The topological polar surface area (TPSA) is 88.0 Å². The van der Waals surface area contributed by atoms with Crippen molar-refractivity contribution in [1.82, 2.24) is 25.9 Å². The quantitative estimate of drug-likeness (QED) is 0.497. The van der Waals surface area contributed by atoms with Gasteiger partial charge in [-0.25, -0.2) is 4.68 Å². The minimum Gasteiger partial charge on any atom is -0.361 e. The number of aryl methyl sites for hydroxylation is 1. The average Bonchev–Trinajstić information content (AvgIpc) is 2.69. The lowest BCUT2D eigenvalue weighted by atomic mass is 9.99. The van der Waals surface area contributed by atoms with Gasteiger partial charge in [-0.2, -0.15) is 5.10 Å². The lowest BCUT2D eigenvalue weighted by molar-refractivity contribution is 0.0938. The lowest BCUT2D eigenvalue weighted by Gasteiger charge is -2.17. The zero-order chi connectivity index (χ0) is 19.8. The first-order valence-corrected chi connectivity index (χ1v) is 9.68. The molecule has 1 heterocycles. The van der Waals surface area contributed by atoms with Crippen LogP contribution < -0.4 is 21.7 Å². The maximum absolute atomic E-state index is 12.5. The molecule has 1 aromatic carbocycles. The fraction of sp³-hybridized carbons (Fsp3) is 0.474. The van der Waals surface area contributed by atoms with Crippen LogP contribution in [0.25, 0.3) is 10.8 Å². The third-order valence-corrected chi connectivity index (χ3v) is 4.80. The van der Waals surface area contributed by atoms with E-state index in [0.29, 0.717) is 21.8 Å². The Morgan fingerprint density at radius 1 is 1.22 bits per heavy atom. The number of hydrazine groups is 1. The van der Waals surface area contributed by atoms with Gasteiger partial charge in [-0.05, 0) is 30.6 Å². The number of nitrogens with one attached hydrogen (secondary N) is 3. The van der Waals surface area contributed by atoms with Crippen LogP contribution in [0.4, 0.5) is 0 Å². The normalized spacial score (nSPS) is 11.8. The molecule has 3 N–H and O–H groups in total. The summed E-state index contributed by atoms with van der Waals surface area (Å²) in [6, 6.07) is 6.90. The van der Waals surface area contributed by atoms with E-state index in [1.165, 1.54) is 19.9 Å². The summed E-state index contributed by atoms with van der Waals surface area (Å²) in [5, 5.41) is 8.53. The zero-order valence-corrected chi connectivity index (χ0v) is 16.9. The van der Waals surface area contributed by atoms with Gasteiger partial charge in [-0.1, -0.05) is 51.3 Å². The summed E-state index contributed by atoms with van der Waals surface area (Å²) in [7, 11) is 1.52. The maximum atomic E-state index is 12.5. The van der Waals surface area contributed by atoms with Crippen molar-refractivity contribution >= 4 is 34.0 Å². The number of carbonyl (C=O) groups is 1. The van der Waals surface area contributed by atoms with Gasteiger partial charge >= 0.3 is 0 Å². The number of benzene rings is 1. The molecule has 1 atom stereocenters. The fourth-order valence-electron chi connectivity index (χ4n) is 2.86. The van der Waals surface area contributed by atoms with Gasteiger partial charge < -0.3 is 5.32 Å². The average molecular weight is 390 g/mol. The van der Waals surface area contributed by atoms with Gasteiger partial charge in [-0.3, -0.25) is 20.4 Å². The van der Waals surface area contributed by atoms with Crippen molar-refractivity contribution in [3.05, 3.63) is 40.3 Å². The Morgan fingerprint density at radius 3 is 2.59 bits per heavy atom. The highest BCUT2D eigenvalue weighted by Crippen LogP contribution is 2.13. The fourth-order valence-corrected chi connectivity index (χ4v) is 3.00. The predicted molar refractivity (Wildman–Crippen MR) is 111 cm³/mol. The number of nitrogens with zero attached hydrogens (tertiary/aromatic N) is 2. The Hall–Kier alpha value is -2.48. The predicted octanol–water partition coefficient (Wildman–Crippen LogP) is 2.26. The summed E-state index contributed by atoms with van der Waals surface area (Å²) in [6.07, 6.45) is 4.61. The first-order chi connectivity index (χ1) is 13.0. The smallest absolute Gasteiger partial charge is 0.290 e. The number of carbonyl (C=O) groups excluding carboxylic acids is 1. The first-order valence-electron chi connectivity index (χ1n) is 9.28. The van der Waals surface area contributed by atoms with Crippen LogP contribution in [0.15, 0.2) is 29.1 Å². The van der Waals surface area contributed by atoms with E-state index in [1.807, 2.05) is 0 Å². The minimum atomic E-state index is -0.455. The SMILES string of the molecule is CCCC[C@@H](CC)CNC(=S)NNC(=O)c1nn(C)c(=O)c2ccccc12. The van der Waals surface area contributed by atoms with E-state index in [4.69, 9.17) is 12.2 Å². The molecular formula is C19H27N5O2S. The van der Waals surface area contributed by atoms with Gasteiger partial charge in [-0.15, -0.1) is 0 Å². The minimum absolute atomic E-state index is 0.164. The second-order valence-corrected chi connectivity index (χ2v) is 6.94. The van der Waals surface area contributed by atoms with Crippen molar-refractivity contribution in [2.24, 2.45) is 13.0 Å². The number of aromatic nitrogens is 2. The van der Waals surface area contributed by atoms with E-state index in [-0.39, 0.29) is 11.3 Å². The number of fused-ring (bicyclic) bond motifs is 1. The van der Waals surface area contributed by atoms with Crippen LogP contribution in [0.1, 0.15) is 50.0 Å². The van der Waals surface area contributed by atoms with Crippen LogP contribution in [0.3, 0.4) is 0 Å². The number of unbranched alkanes of at least 4 members (excludes halogenated alkanes) is 1. The summed E-state index contributed by atoms with van der Waals surface area (Å²) in [5.74, 6) is 0.0960. The van der Waals surface area contributed by atoms with Crippen LogP contribution >= 0.6 is 12.2 Å². The molecule has 1 aromatic heterocycles. The molecule has 0 aliphatic heterocycles. The van der Waals surface area contributed by atoms with Crippen LogP contribution in [0.5, 0.6) is 0 Å². The molecule has 0 fully saturated rings. The Bertz CT molecular complexity index is 865. The molecule has 0 bridgehead atoms. The van der Waals surface area contributed by atoms with Gasteiger partial charge in [0.1, 0.15) is 0 Å². The molecule has 7 nitrogen and oxygen atoms in total. The van der Waals surface area contributed by atoms with E-state index in [1.54, 1.807) is 24.3 Å². The zero-order valence-electron chi connectivity index (χ0n) is 16.0. The number of amides is 1. The van der Waals surface area contributed by atoms with Crippen molar-refractivity contribution in [3.63, 3.8) is 0 Å². The Balaban J connectivity index is 1.98. The second-order valence-electron chi connectivity index (χ2n) is 6.53. The first kappa shape index (κ1) is 20.8. The summed E-state index contributed by atoms with van der Waals surface area (Å²) in [5.41, 5.74) is 5.18. The van der Waals surface area contributed by atoms with Gasteiger partial charge in [0.15, 0.2) is 10.8 Å². The molecule has 0 saturated heterocycles. The third-order valence-electron chi connectivity index (χ3n) is 4.56. The van der Waals surface area contributed by atoms with Gasteiger partial charge in [0.2, 0.25) is 0 Å². The number of hydrogen-bond donors (Lipinski definition) is 3. The number of rotatable bonds is 7. The Labute approximate surface area is 164 Å². The molecule has 0 spiro atoms. The van der Waals surface area contributed by atoms with Gasteiger partial charge in [0.05, 0.1) is 5.39 Å². The van der Waals surface area contributed by atoms with Crippen LogP contribution in [0.2, 0.25) is 0 Å². The Morgan fingerprint density at radius 2 is 1.93 bits per heavy atom. The van der Waals surface area contributed by atoms with Crippen molar-refractivity contribution < 1.29 is 4.79 Å². The Kier molecular flexibility index (Phi) is 7.72. The maximum Gasteiger partial charge on any atom is 0.290 e. The van der Waals surface area contributed by atoms with Crippen LogP contribution in [0, 0.1) is 5.92 Å². The summed E-state index contributed by atoms with van der Waals surface area (Å²) in [4.78, 5) is 24.7.